The Labute approximate surface area is 318 Å². The smallest absolute Gasteiger partial charge is 0.456 e. The molecule has 7 heteroatoms. The summed E-state index contributed by atoms with van der Waals surface area (Å²) in [5.74, 6) is 0.791. The third kappa shape index (κ3) is 4.45. The van der Waals surface area contributed by atoms with E-state index in [0.29, 0.717) is 16.8 Å². The van der Waals surface area contributed by atoms with Crippen LogP contribution >= 0.6 is 0 Å². The van der Waals surface area contributed by atoms with E-state index in [2.05, 4.69) is 77.7 Å². The van der Waals surface area contributed by atoms with Crippen LogP contribution in [0.15, 0.2) is 138 Å². The molecule has 256 valence electrons. The number of hydrogen-bond donors (Lipinski definition) is 0. The number of imidazole rings is 1. The Bertz CT molecular complexity index is 3110. The molecule has 0 aliphatic carbocycles. The van der Waals surface area contributed by atoms with Gasteiger partial charge in [0.2, 0.25) is 0 Å². The first kappa shape index (κ1) is 31.9. The first-order chi connectivity index (χ1) is 25.5. The molecule has 0 radical (unpaired) electrons. The first-order valence-electron chi connectivity index (χ1n) is 17.5. The van der Waals surface area contributed by atoms with E-state index in [4.69, 9.17) is 14.4 Å². The zero-order valence-corrected chi connectivity index (χ0v) is 30.9. The fourth-order valence-corrected chi connectivity index (χ4v) is 8.40. The van der Waals surface area contributed by atoms with Gasteiger partial charge in [0, 0.05) is 28.1 Å². The van der Waals surface area contributed by atoms with Crippen LogP contribution in [0.2, 0.25) is 0 Å². The maximum Gasteiger partial charge on any atom is 2.00 e. The Hall–Kier alpha value is -5.84. The Morgan fingerprint density at radius 1 is 0.679 bits per heavy atom. The number of pyridine rings is 2. The standard InChI is InChI=1S/C46H29FN4O.Pt/c1-46(2)34-22-23-40-41(32-14-4-8-19-39(32)52-40)43(34)50(45-35(46)15-10-24-48-45)29-12-9-11-27(25-29)42(47)28-20-21-30-31-13-3-6-17-37(31)51-38-18-7-5-16-36(38)49-44(51)33(30)26-28;/h3-24,42H,1-2H3;/q-2;+2. The minimum absolute atomic E-state index is 0. The van der Waals surface area contributed by atoms with Crippen molar-refractivity contribution in [3.63, 3.8) is 0 Å². The fourth-order valence-electron chi connectivity index (χ4n) is 8.40. The second-order valence-electron chi connectivity index (χ2n) is 14.1. The predicted octanol–water partition coefficient (Wildman–Crippen LogP) is 11.9. The number of fused-ring (bicyclic) bond motifs is 14. The Balaban J connectivity index is 0.00000349. The van der Waals surface area contributed by atoms with E-state index in [0.717, 1.165) is 82.9 Å². The van der Waals surface area contributed by atoms with Gasteiger partial charge in [-0.1, -0.05) is 96.5 Å². The number of alkyl halides is 1. The number of nitrogens with zero attached hydrogens (tertiary/aromatic N) is 4. The molecule has 6 aromatic carbocycles. The van der Waals surface area contributed by atoms with Crippen molar-refractivity contribution >= 4 is 77.5 Å². The van der Waals surface area contributed by atoms with Crippen LogP contribution in [0.3, 0.4) is 0 Å². The van der Waals surface area contributed by atoms with Crippen molar-refractivity contribution in [2.24, 2.45) is 0 Å². The number of aromatic nitrogens is 3. The van der Waals surface area contributed by atoms with E-state index in [-0.39, 0.29) is 26.5 Å². The van der Waals surface area contributed by atoms with Crippen LogP contribution in [0.1, 0.15) is 42.3 Å². The molecule has 1 atom stereocenters. The molecule has 0 N–H and O–H groups in total. The zero-order chi connectivity index (χ0) is 34.7. The molecule has 0 amide bonds. The van der Waals surface area contributed by atoms with Gasteiger partial charge in [-0.3, -0.25) is 4.98 Å². The van der Waals surface area contributed by atoms with Gasteiger partial charge in [0.15, 0.2) is 0 Å². The van der Waals surface area contributed by atoms with Gasteiger partial charge >= 0.3 is 21.1 Å². The van der Waals surface area contributed by atoms with Gasteiger partial charge in [-0.05, 0) is 47.3 Å². The Morgan fingerprint density at radius 2 is 1.45 bits per heavy atom. The number of rotatable bonds is 3. The molecule has 5 nitrogen and oxygen atoms in total. The van der Waals surface area contributed by atoms with Crippen LogP contribution in [0.5, 0.6) is 0 Å². The molecule has 1 aliphatic heterocycles. The largest absolute Gasteiger partial charge is 2.00 e. The summed E-state index contributed by atoms with van der Waals surface area (Å²) in [7, 11) is 0. The average molecular weight is 868 g/mol. The summed E-state index contributed by atoms with van der Waals surface area (Å²) in [6.45, 7) is 4.46. The SMILES string of the molecule is CC1(C)c2cccnc2N(c2[c-]c(C(F)c3[c-]c4c(cc3)c3ccccc3n3c5ccccc5nc43)ccc2)c2c1ccc1oc3ccccc3c21.[Pt+2]. The molecule has 1 unspecified atom stereocenters. The van der Waals surface area contributed by atoms with Gasteiger partial charge in [0.1, 0.15) is 23.2 Å². The summed E-state index contributed by atoms with van der Waals surface area (Å²) in [4.78, 5) is 12.1. The van der Waals surface area contributed by atoms with E-state index in [1.54, 1.807) is 6.07 Å². The van der Waals surface area contributed by atoms with Crippen molar-refractivity contribution in [2.75, 3.05) is 4.90 Å². The molecule has 5 heterocycles. The van der Waals surface area contributed by atoms with Crippen LogP contribution in [-0.2, 0) is 26.5 Å². The minimum Gasteiger partial charge on any atom is -0.456 e. The van der Waals surface area contributed by atoms with Crippen LogP contribution in [0, 0.1) is 12.1 Å². The summed E-state index contributed by atoms with van der Waals surface area (Å²) in [6.07, 6.45) is 0.324. The molecule has 0 saturated carbocycles. The van der Waals surface area contributed by atoms with Gasteiger partial charge in [-0.25, -0.2) is 9.37 Å². The van der Waals surface area contributed by atoms with Crippen molar-refractivity contribution < 1.29 is 29.9 Å². The molecule has 1 aliphatic rings. The maximum atomic E-state index is 17.0. The molecular formula is C46H29FN4OPt. The fraction of sp³-hybridized carbons (Fsp3) is 0.0870. The van der Waals surface area contributed by atoms with Crippen molar-refractivity contribution in [2.45, 2.75) is 25.4 Å². The van der Waals surface area contributed by atoms with Crippen LogP contribution in [0.4, 0.5) is 21.6 Å². The average Bonchev–Trinajstić information content (AvgIpc) is 3.77. The summed E-state index contributed by atoms with van der Waals surface area (Å²) < 4.78 is 25.6. The third-order valence-corrected chi connectivity index (χ3v) is 10.9. The number of furan rings is 1. The van der Waals surface area contributed by atoms with Gasteiger partial charge in [-0.2, -0.15) is 18.2 Å². The van der Waals surface area contributed by atoms with E-state index in [1.807, 2.05) is 85.1 Å². The molecular weight excluding hydrogens is 839 g/mol. The van der Waals surface area contributed by atoms with Gasteiger partial charge in [0.25, 0.3) is 0 Å². The van der Waals surface area contributed by atoms with Crippen LogP contribution < -0.4 is 4.90 Å². The van der Waals surface area contributed by atoms with Crippen molar-refractivity contribution in [3.05, 3.63) is 168 Å². The Morgan fingerprint density at radius 3 is 2.34 bits per heavy atom. The summed E-state index contributed by atoms with van der Waals surface area (Å²) in [5, 5.41) is 4.85. The number of halogens is 1. The van der Waals surface area contributed by atoms with Crippen LogP contribution in [0.25, 0.3) is 60.3 Å². The zero-order valence-electron chi connectivity index (χ0n) is 28.7. The predicted molar refractivity (Wildman–Crippen MR) is 207 cm³/mol. The molecule has 0 fully saturated rings. The quantitative estimate of drug-likeness (QED) is 0.131. The summed E-state index contributed by atoms with van der Waals surface area (Å²) >= 11 is 0. The summed E-state index contributed by atoms with van der Waals surface area (Å²) in [6, 6.07) is 49.3. The molecule has 4 aromatic heterocycles. The monoisotopic (exact) mass is 867 g/mol. The number of anilines is 3. The second kappa shape index (κ2) is 11.6. The number of para-hydroxylation sites is 4. The molecule has 0 bridgehead atoms. The molecule has 0 spiro atoms. The normalized spacial score (nSPS) is 14.2. The van der Waals surface area contributed by atoms with E-state index in [9.17, 15) is 0 Å². The number of hydrogen-bond acceptors (Lipinski definition) is 4. The molecule has 53 heavy (non-hydrogen) atoms. The van der Waals surface area contributed by atoms with Gasteiger partial charge < -0.3 is 13.7 Å². The van der Waals surface area contributed by atoms with Crippen molar-refractivity contribution in [1.82, 2.24) is 14.4 Å². The van der Waals surface area contributed by atoms with Gasteiger partial charge in [0.05, 0.1) is 27.8 Å². The number of benzene rings is 6. The molecule has 10 aromatic rings. The van der Waals surface area contributed by atoms with Crippen molar-refractivity contribution in [1.29, 1.82) is 0 Å². The topological polar surface area (TPSA) is 46.6 Å². The maximum absolute atomic E-state index is 17.0. The van der Waals surface area contributed by atoms with E-state index in [1.165, 1.54) is 0 Å². The third-order valence-electron chi connectivity index (χ3n) is 10.9. The second-order valence-corrected chi connectivity index (χ2v) is 14.1. The minimum atomic E-state index is -1.49. The van der Waals surface area contributed by atoms with Gasteiger partial charge in [-0.15, -0.1) is 29.8 Å². The first-order valence-corrected chi connectivity index (χ1v) is 17.5. The Kier molecular flexibility index (Phi) is 6.96. The molecule has 11 rings (SSSR count). The van der Waals surface area contributed by atoms with Crippen LogP contribution in [-0.4, -0.2) is 14.4 Å². The van der Waals surface area contributed by atoms with Crippen molar-refractivity contribution in [3.8, 4) is 0 Å². The molecule has 0 saturated heterocycles. The van der Waals surface area contributed by atoms with E-state index < -0.39 is 6.17 Å². The van der Waals surface area contributed by atoms with E-state index >= 15 is 4.39 Å². The summed E-state index contributed by atoms with van der Waals surface area (Å²) in [5.41, 5.74) is 9.67.